The fraction of sp³-hybridized carbons (Fsp3) is 0.600. The van der Waals surface area contributed by atoms with Crippen LogP contribution in [-0.2, 0) is 0 Å². The molecule has 2 heterocycles. The first kappa shape index (κ1) is 15.0. The van der Waals surface area contributed by atoms with Gasteiger partial charge in [0.2, 0.25) is 0 Å². The Bertz CT molecular complexity index is 436. The fourth-order valence-corrected chi connectivity index (χ4v) is 3.10. The zero-order chi connectivity index (χ0) is 14.5. The van der Waals surface area contributed by atoms with Crippen molar-refractivity contribution in [2.24, 2.45) is 11.8 Å². The van der Waals surface area contributed by atoms with Gasteiger partial charge in [0, 0.05) is 19.6 Å². The Kier molecular flexibility index (Phi) is 5.17. The molecule has 1 aromatic heterocycles. The molecular formula is C15H24N4S. The van der Waals surface area contributed by atoms with E-state index in [4.69, 9.17) is 12.2 Å². The molecule has 0 aliphatic carbocycles. The number of hydrogen-bond donors (Lipinski definition) is 2. The largest absolute Gasteiger partial charge is 0.363 e. The lowest BCUT2D eigenvalue weighted by Gasteiger charge is -2.35. The molecule has 0 spiro atoms. The Hall–Kier alpha value is -1.36. The maximum absolute atomic E-state index is 5.16. The molecule has 110 valence electrons. The summed E-state index contributed by atoms with van der Waals surface area (Å²) in [7, 11) is 0. The average molecular weight is 292 g/mol. The second-order valence-corrected chi connectivity index (χ2v) is 6.15. The third-order valence-corrected chi connectivity index (χ3v) is 3.78. The van der Waals surface area contributed by atoms with Crippen LogP contribution >= 0.6 is 12.2 Å². The molecule has 1 saturated heterocycles. The maximum Gasteiger partial charge on any atom is 0.170 e. The summed E-state index contributed by atoms with van der Waals surface area (Å²) in [5, 5.41) is 6.84. The molecule has 0 unspecified atom stereocenters. The van der Waals surface area contributed by atoms with Crippen LogP contribution in [0, 0.1) is 11.8 Å². The van der Waals surface area contributed by atoms with E-state index in [0.29, 0.717) is 5.11 Å². The topological polar surface area (TPSA) is 40.2 Å². The summed E-state index contributed by atoms with van der Waals surface area (Å²) < 4.78 is 0. The van der Waals surface area contributed by atoms with Crippen molar-refractivity contribution in [3.05, 3.63) is 18.3 Å². The summed E-state index contributed by atoms with van der Waals surface area (Å²) in [4.78, 5) is 6.94. The third-order valence-electron chi connectivity index (χ3n) is 3.54. The first-order valence-corrected chi connectivity index (χ1v) is 7.75. The summed E-state index contributed by atoms with van der Waals surface area (Å²) in [5.41, 5.74) is 0.929. The molecule has 5 heteroatoms. The number of rotatable bonds is 3. The van der Waals surface area contributed by atoms with Gasteiger partial charge in [-0.05, 0) is 49.5 Å². The van der Waals surface area contributed by atoms with Crippen LogP contribution < -0.4 is 15.5 Å². The van der Waals surface area contributed by atoms with Gasteiger partial charge in [0.15, 0.2) is 5.11 Å². The van der Waals surface area contributed by atoms with E-state index < -0.39 is 0 Å². The van der Waals surface area contributed by atoms with E-state index in [1.807, 2.05) is 19.2 Å². The molecule has 0 saturated carbocycles. The summed E-state index contributed by atoms with van der Waals surface area (Å²) in [6.07, 6.45) is 3.16. The molecule has 0 bridgehead atoms. The van der Waals surface area contributed by atoms with Gasteiger partial charge in [-0.3, -0.25) is 0 Å². The molecule has 2 N–H and O–H groups in total. The molecule has 1 aliphatic heterocycles. The smallest absolute Gasteiger partial charge is 0.170 e. The number of anilines is 2. The molecule has 0 radical (unpaired) electrons. The van der Waals surface area contributed by atoms with Crippen LogP contribution in [0.5, 0.6) is 0 Å². The normalized spacial score (nSPS) is 22.4. The van der Waals surface area contributed by atoms with Gasteiger partial charge in [-0.2, -0.15) is 0 Å². The van der Waals surface area contributed by atoms with Crippen molar-refractivity contribution in [1.82, 2.24) is 10.3 Å². The SMILES string of the molecule is CCNC(=S)Nc1ccc(N2C[C@H](C)C[C@@H](C)C2)nc1. The molecule has 0 amide bonds. The van der Waals surface area contributed by atoms with Crippen LogP contribution in [0.25, 0.3) is 0 Å². The minimum Gasteiger partial charge on any atom is -0.363 e. The predicted octanol–water partition coefficient (Wildman–Crippen LogP) is 2.87. The van der Waals surface area contributed by atoms with Gasteiger partial charge >= 0.3 is 0 Å². The zero-order valence-electron chi connectivity index (χ0n) is 12.5. The Morgan fingerprint density at radius 1 is 1.35 bits per heavy atom. The maximum atomic E-state index is 5.16. The van der Waals surface area contributed by atoms with Crippen molar-refractivity contribution in [2.75, 3.05) is 29.9 Å². The van der Waals surface area contributed by atoms with Gasteiger partial charge < -0.3 is 15.5 Å². The van der Waals surface area contributed by atoms with Crippen molar-refractivity contribution in [2.45, 2.75) is 27.2 Å². The highest BCUT2D eigenvalue weighted by molar-refractivity contribution is 7.80. The van der Waals surface area contributed by atoms with Crippen molar-refractivity contribution >= 4 is 28.8 Å². The van der Waals surface area contributed by atoms with Crippen LogP contribution in [0.15, 0.2) is 18.3 Å². The highest BCUT2D eigenvalue weighted by Gasteiger charge is 2.22. The molecule has 2 rings (SSSR count). The molecule has 0 aromatic carbocycles. The quantitative estimate of drug-likeness (QED) is 0.838. The van der Waals surface area contributed by atoms with E-state index in [1.54, 1.807) is 0 Å². The second kappa shape index (κ2) is 6.88. The number of nitrogens with one attached hydrogen (secondary N) is 2. The second-order valence-electron chi connectivity index (χ2n) is 5.74. The van der Waals surface area contributed by atoms with Gasteiger partial charge in [-0.15, -0.1) is 0 Å². The minimum atomic E-state index is 0.641. The van der Waals surface area contributed by atoms with Crippen LogP contribution in [0.2, 0.25) is 0 Å². The van der Waals surface area contributed by atoms with Crippen LogP contribution in [0.3, 0.4) is 0 Å². The highest BCUT2D eigenvalue weighted by atomic mass is 32.1. The Morgan fingerprint density at radius 2 is 2.05 bits per heavy atom. The summed E-state index contributed by atoms with van der Waals surface area (Å²) in [6, 6.07) is 4.11. The highest BCUT2D eigenvalue weighted by Crippen LogP contribution is 2.25. The van der Waals surface area contributed by atoms with Crippen LogP contribution in [0.4, 0.5) is 11.5 Å². The Balaban J connectivity index is 1.99. The van der Waals surface area contributed by atoms with E-state index in [2.05, 4.69) is 40.4 Å². The third kappa shape index (κ3) is 4.07. The van der Waals surface area contributed by atoms with Crippen LogP contribution in [0.1, 0.15) is 27.2 Å². The fourth-order valence-electron chi connectivity index (χ4n) is 2.83. The number of aromatic nitrogens is 1. The van der Waals surface area contributed by atoms with E-state index in [1.165, 1.54) is 6.42 Å². The average Bonchev–Trinajstić information content (AvgIpc) is 2.38. The Morgan fingerprint density at radius 3 is 2.60 bits per heavy atom. The minimum absolute atomic E-state index is 0.641. The molecular weight excluding hydrogens is 268 g/mol. The first-order valence-electron chi connectivity index (χ1n) is 7.34. The van der Waals surface area contributed by atoms with E-state index in [-0.39, 0.29) is 0 Å². The van der Waals surface area contributed by atoms with Gasteiger partial charge in [0.05, 0.1) is 11.9 Å². The predicted molar refractivity (Wildman–Crippen MR) is 89.3 cm³/mol. The molecule has 4 nitrogen and oxygen atoms in total. The number of pyridine rings is 1. The zero-order valence-corrected chi connectivity index (χ0v) is 13.3. The van der Waals surface area contributed by atoms with Gasteiger partial charge in [-0.25, -0.2) is 4.98 Å². The van der Waals surface area contributed by atoms with E-state index in [9.17, 15) is 0 Å². The number of piperidine rings is 1. The van der Waals surface area contributed by atoms with Gasteiger partial charge in [0.1, 0.15) is 5.82 Å². The summed E-state index contributed by atoms with van der Waals surface area (Å²) >= 11 is 5.16. The lowest BCUT2D eigenvalue weighted by molar-refractivity contribution is 0.355. The molecule has 2 atom stereocenters. The number of hydrogen-bond acceptors (Lipinski definition) is 3. The van der Waals surface area contributed by atoms with Crippen molar-refractivity contribution in [3.8, 4) is 0 Å². The standard InChI is InChI=1S/C15H24N4S/c1-4-16-15(20)18-13-5-6-14(17-8-13)19-9-11(2)7-12(3)10-19/h5-6,8,11-12H,4,7,9-10H2,1-3H3,(H2,16,18,20)/t11-,12-/m1/s1. The number of thiocarbonyl (C=S) groups is 1. The summed E-state index contributed by atoms with van der Waals surface area (Å²) in [5.74, 6) is 2.53. The molecule has 20 heavy (non-hydrogen) atoms. The van der Waals surface area contributed by atoms with Crippen molar-refractivity contribution < 1.29 is 0 Å². The van der Waals surface area contributed by atoms with Gasteiger partial charge in [0.25, 0.3) is 0 Å². The monoisotopic (exact) mass is 292 g/mol. The lowest BCUT2D eigenvalue weighted by atomic mass is 9.92. The number of nitrogens with zero attached hydrogens (tertiary/aromatic N) is 2. The van der Waals surface area contributed by atoms with Crippen LogP contribution in [-0.4, -0.2) is 29.7 Å². The molecule has 1 aromatic rings. The van der Waals surface area contributed by atoms with Gasteiger partial charge in [-0.1, -0.05) is 13.8 Å². The molecule has 1 fully saturated rings. The molecule has 1 aliphatic rings. The first-order chi connectivity index (χ1) is 9.58. The lowest BCUT2D eigenvalue weighted by Crippen LogP contribution is -2.39. The summed E-state index contributed by atoms with van der Waals surface area (Å²) in [6.45, 7) is 9.66. The Labute approximate surface area is 127 Å². The van der Waals surface area contributed by atoms with Crippen molar-refractivity contribution in [3.63, 3.8) is 0 Å². The van der Waals surface area contributed by atoms with E-state index in [0.717, 1.165) is 43.0 Å². The van der Waals surface area contributed by atoms with Crippen molar-refractivity contribution in [1.29, 1.82) is 0 Å². The van der Waals surface area contributed by atoms with E-state index >= 15 is 0 Å².